The van der Waals surface area contributed by atoms with Crippen LogP contribution in [0.15, 0.2) is 42.5 Å². The number of amides is 2. The number of carbonyl (C=O) groups is 2. The second-order valence-electron chi connectivity index (χ2n) is 7.62. The van der Waals surface area contributed by atoms with Gasteiger partial charge in [0.1, 0.15) is 5.75 Å². The standard InChI is InChI=1S/C23H30N4O4/c1-17-4-9-21(30-3)20(14-17)25-23(29)16-26(2)15-22(28)24-18-5-7-19(8-6-18)27-10-12-31-13-11-27/h4-9,14H,10-13,15-16H2,1-3H3,(H,24,28)(H,25,29). The molecule has 3 rings (SSSR count). The molecule has 2 aromatic rings. The Bertz CT molecular complexity index is 895. The molecule has 1 saturated heterocycles. The van der Waals surface area contributed by atoms with E-state index in [-0.39, 0.29) is 24.9 Å². The van der Waals surface area contributed by atoms with Gasteiger partial charge in [0, 0.05) is 24.5 Å². The third-order valence-electron chi connectivity index (χ3n) is 4.98. The summed E-state index contributed by atoms with van der Waals surface area (Å²) in [6.45, 7) is 5.33. The molecule has 1 aliphatic rings. The Balaban J connectivity index is 1.47. The first-order chi connectivity index (χ1) is 14.9. The van der Waals surface area contributed by atoms with Gasteiger partial charge in [-0.2, -0.15) is 0 Å². The third-order valence-corrected chi connectivity index (χ3v) is 4.98. The minimum absolute atomic E-state index is 0.0838. The molecule has 2 aromatic carbocycles. The molecule has 166 valence electrons. The first-order valence-electron chi connectivity index (χ1n) is 10.3. The average Bonchev–Trinajstić information content (AvgIpc) is 2.74. The lowest BCUT2D eigenvalue weighted by Crippen LogP contribution is -2.36. The normalized spacial score (nSPS) is 13.7. The molecule has 8 nitrogen and oxygen atoms in total. The molecule has 0 aliphatic carbocycles. The SMILES string of the molecule is COc1ccc(C)cc1NC(=O)CN(C)CC(=O)Nc1ccc(N2CCOCC2)cc1. The van der Waals surface area contributed by atoms with Gasteiger partial charge < -0.3 is 25.0 Å². The van der Waals surface area contributed by atoms with Crippen molar-refractivity contribution >= 4 is 28.9 Å². The van der Waals surface area contributed by atoms with Crippen LogP contribution in [-0.4, -0.2) is 70.3 Å². The molecular weight excluding hydrogens is 396 g/mol. The maximum absolute atomic E-state index is 12.4. The predicted molar refractivity (Wildman–Crippen MR) is 122 cm³/mol. The summed E-state index contributed by atoms with van der Waals surface area (Å²) in [5, 5.41) is 5.72. The van der Waals surface area contributed by atoms with Crippen molar-refractivity contribution < 1.29 is 19.1 Å². The van der Waals surface area contributed by atoms with Crippen LogP contribution in [-0.2, 0) is 14.3 Å². The highest BCUT2D eigenvalue weighted by Gasteiger charge is 2.14. The lowest BCUT2D eigenvalue weighted by molar-refractivity contribution is -0.119. The molecule has 0 spiro atoms. The number of morpholine rings is 1. The number of aryl methyl sites for hydroxylation is 1. The molecule has 0 aromatic heterocycles. The van der Waals surface area contributed by atoms with Crippen LogP contribution in [0.2, 0.25) is 0 Å². The summed E-state index contributed by atoms with van der Waals surface area (Å²) < 4.78 is 10.7. The number of rotatable bonds is 8. The fraction of sp³-hybridized carbons (Fsp3) is 0.391. The highest BCUT2D eigenvalue weighted by molar-refractivity contribution is 5.95. The van der Waals surface area contributed by atoms with Gasteiger partial charge in [-0.1, -0.05) is 6.07 Å². The second kappa shape index (κ2) is 10.8. The second-order valence-corrected chi connectivity index (χ2v) is 7.62. The summed E-state index contributed by atoms with van der Waals surface area (Å²) in [4.78, 5) is 28.7. The van der Waals surface area contributed by atoms with Crippen LogP contribution in [0.1, 0.15) is 5.56 Å². The number of methoxy groups -OCH3 is 1. The van der Waals surface area contributed by atoms with E-state index in [1.54, 1.807) is 19.1 Å². The van der Waals surface area contributed by atoms with Crippen molar-refractivity contribution in [2.45, 2.75) is 6.92 Å². The van der Waals surface area contributed by atoms with Gasteiger partial charge >= 0.3 is 0 Å². The maximum Gasteiger partial charge on any atom is 0.238 e. The van der Waals surface area contributed by atoms with E-state index < -0.39 is 0 Å². The highest BCUT2D eigenvalue weighted by atomic mass is 16.5. The van der Waals surface area contributed by atoms with E-state index in [9.17, 15) is 9.59 Å². The van der Waals surface area contributed by atoms with Crippen molar-refractivity contribution in [1.29, 1.82) is 0 Å². The first-order valence-corrected chi connectivity index (χ1v) is 10.3. The minimum Gasteiger partial charge on any atom is -0.495 e. The molecular formula is C23H30N4O4. The summed E-state index contributed by atoms with van der Waals surface area (Å²) in [5.41, 5.74) is 3.47. The van der Waals surface area contributed by atoms with Crippen molar-refractivity contribution in [3.8, 4) is 5.75 Å². The number of benzene rings is 2. The Morgan fingerprint density at radius 2 is 1.68 bits per heavy atom. The molecule has 0 unspecified atom stereocenters. The smallest absolute Gasteiger partial charge is 0.238 e. The number of anilines is 3. The molecule has 8 heteroatoms. The van der Waals surface area contributed by atoms with E-state index in [1.807, 2.05) is 49.4 Å². The van der Waals surface area contributed by atoms with Gasteiger partial charge in [-0.15, -0.1) is 0 Å². The lowest BCUT2D eigenvalue weighted by atomic mass is 10.2. The number of hydrogen-bond donors (Lipinski definition) is 2. The fourth-order valence-electron chi connectivity index (χ4n) is 3.43. The number of carbonyl (C=O) groups excluding carboxylic acids is 2. The van der Waals surface area contributed by atoms with Gasteiger partial charge in [-0.05, 0) is 55.9 Å². The van der Waals surface area contributed by atoms with Crippen molar-refractivity contribution in [3.05, 3.63) is 48.0 Å². The van der Waals surface area contributed by atoms with Crippen LogP contribution < -0.4 is 20.3 Å². The van der Waals surface area contributed by atoms with Crippen molar-refractivity contribution in [2.75, 3.05) is 69.1 Å². The largest absolute Gasteiger partial charge is 0.495 e. The third kappa shape index (κ3) is 6.70. The molecule has 0 bridgehead atoms. The highest BCUT2D eigenvalue weighted by Crippen LogP contribution is 2.25. The number of nitrogens with one attached hydrogen (secondary N) is 2. The van der Waals surface area contributed by atoms with Gasteiger partial charge in [0.05, 0.1) is 39.1 Å². The Hall–Kier alpha value is -3.10. The maximum atomic E-state index is 12.4. The van der Waals surface area contributed by atoms with Gasteiger partial charge in [0.15, 0.2) is 0 Å². The molecule has 0 atom stereocenters. The van der Waals surface area contributed by atoms with E-state index in [1.165, 1.54) is 0 Å². The van der Waals surface area contributed by atoms with Gasteiger partial charge in [-0.25, -0.2) is 0 Å². The van der Waals surface area contributed by atoms with Gasteiger partial charge in [-0.3, -0.25) is 14.5 Å². The Labute approximate surface area is 183 Å². The molecule has 1 heterocycles. The quantitative estimate of drug-likeness (QED) is 0.674. The van der Waals surface area contributed by atoms with E-state index in [2.05, 4.69) is 15.5 Å². The van der Waals surface area contributed by atoms with Crippen molar-refractivity contribution in [3.63, 3.8) is 0 Å². The average molecular weight is 427 g/mol. The van der Waals surface area contributed by atoms with Crippen molar-refractivity contribution in [1.82, 2.24) is 4.90 Å². The fourth-order valence-corrected chi connectivity index (χ4v) is 3.43. The summed E-state index contributed by atoms with van der Waals surface area (Å²) >= 11 is 0. The van der Waals surface area contributed by atoms with E-state index >= 15 is 0 Å². The topological polar surface area (TPSA) is 83.1 Å². The van der Waals surface area contributed by atoms with Gasteiger partial charge in [0.2, 0.25) is 11.8 Å². The van der Waals surface area contributed by atoms with Crippen LogP contribution in [0.4, 0.5) is 17.1 Å². The van der Waals surface area contributed by atoms with E-state index in [4.69, 9.17) is 9.47 Å². The molecule has 31 heavy (non-hydrogen) atoms. The minimum atomic E-state index is -0.214. The zero-order valence-electron chi connectivity index (χ0n) is 18.3. The van der Waals surface area contributed by atoms with Crippen LogP contribution in [0.25, 0.3) is 0 Å². The number of nitrogens with zero attached hydrogens (tertiary/aromatic N) is 2. The Kier molecular flexibility index (Phi) is 7.86. The van der Waals surface area contributed by atoms with Crippen LogP contribution in [0, 0.1) is 6.92 Å². The molecule has 0 radical (unpaired) electrons. The number of hydrogen-bond acceptors (Lipinski definition) is 6. The zero-order valence-corrected chi connectivity index (χ0v) is 18.3. The molecule has 1 fully saturated rings. The Morgan fingerprint density at radius 3 is 2.32 bits per heavy atom. The summed E-state index contributed by atoms with van der Waals surface area (Å²) in [6.07, 6.45) is 0. The molecule has 2 N–H and O–H groups in total. The summed E-state index contributed by atoms with van der Waals surface area (Å²) in [7, 11) is 3.29. The Morgan fingerprint density at radius 1 is 1.03 bits per heavy atom. The van der Waals surface area contributed by atoms with E-state index in [0.29, 0.717) is 11.4 Å². The summed E-state index contributed by atoms with van der Waals surface area (Å²) in [5.74, 6) is 0.205. The number of ether oxygens (including phenoxy) is 2. The number of likely N-dealkylation sites (N-methyl/N-ethyl adjacent to an activating group) is 1. The van der Waals surface area contributed by atoms with Crippen LogP contribution in [0.3, 0.4) is 0 Å². The van der Waals surface area contributed by atoms with Crippen LogP contribution >= 0.6 is 0 Å². The monoisotopic (exact) mass is 426 g/mol. The lowest BCUT2D eigenvalue weighted by Gasteiger charge is -2.28. The van der Waals surface area contributed by atoms with Gasteiger partial charge in [0.25, 0.3) is 0 Å². The summed E-state index contributed by atoms with van der Waals surface area (Å²) in [6, 6.07) is 13.3. The van der Waals surface area contributed by atoms with Crippen LogP contribution in [0.5, 0.6) is 5.75 Å². The first kappa shape index (κ1) is 22.6. The van der Waals surface area contributed by atoms with Crippen molar-refractivity contribution in [2.24, 2.45) is 0 Å². The molecule has 0 saturated carbocycles. The zero-order chi connectivity index (χ0) is 22.2. The molecule has 1 aliphatic heterocycles. The predicted octanol–water partition coefficient (Wildman–Crippen LogP) is 2.35. The molecule has 2 amide bonds. The van der Waals surface area contributed by atoms with E-state index in [0.717, 1.165) is 43.2 Å².